The van der Waals surface area contributed by atoms with Gasteiger partial charge < -0.3 is 14.2 Å². The van der Waals surface area contributed by atoms with E-state index in [9.17, 15) is 4.79 Å². The van der Waals surface area contributed by atoms with Crippen molar-refractivity contribution >= 4 is 5.97 Å². The predicted molar refractivity (Wildman–Crippen MR) is 70.8 cm³/mol. The summed E-state index contributed by atoms with van der Waals surface area (Å²) in [6, 6.07) is 1.64. The van der Waals surface area contributed by atoms with Crippen LogP contribution in [-0.4, -0.2) is 41.7 Å². The molecule has 0 saturated heterocycles. The highest BCUT2D eigenvalue weighted by atomic mass is 16.5. The molecule has 6 nitrogen and oxygen atoms in total. The number of hydrogen-bond acceptors (Lipinski definition) is 5. The molecule has 0 radical (unpaired) electrons. The van der Waals surface area contributed by atoms with Crippen LogP contribution in [0, 0.1) is 5.92 Å². The third-order valence-corrected chi connectivity index (χ3v) is 3.53. The second kappa shape index (κ2) is 5.83. The first kappa shape index (κ1) is 13.4. The second-order valence-electron chi connectivity index (χ2n) is 5.32. The zero-order valence-corrected chi connectivity index (χ0v) is 11.7. The number of aromatic nitrogens is 2. The topological polar surface area (TPSA) is 62.6 Å². The normalized spacial score (nSPS) is 20.6. The molecule has 20 heavy (non-hydrogen) atoms. The van der Waals surface area contributed by atoms with Gasteiger partial charge in [0.15, 0.2) is 5.69 Å². The van der Waals surface area contributed by atoms with Crippen molar-refractivity contribution in [3.8, 4) is 5.88 Å². The maximum Gasteiger partial charge on any atom is 0.358 e. The monoisotopic (exact) mass is 280 g/mol. The lowest BCUT2D eigenvalue weighted by atomic mass is 10.3. The van der Waals surface area contributed by atoms with Gasteiger partial charge in [-0.2, -0.15) is 5.10 Å². The molecule has 1 fully saturated rings. The van der Waals surface area contributed by atoms with E-state index in [1.54, 1.807) is 17.7 Å². The highest BCUT2D eigenvalue weighted by molar-refractivity contribution is 5.87. The summed E-state index contributed by atoms with van der Waals surface area (Å²) in [4.78, 5) is 11.5. The van der Waals surface area contributed by atoms with Gasteiger partial charge in [-0.05, 0) is 25.7 Å². The van der Waals surface area contributed by atoms with E-state index in [0.717, 1.165) is 25.6 Å². The highest BCUT2D eigenvalue weighted by Crippen LogP contribution is 2.29. The summed E-state index contributed by atoms with van der Waals surface area (Å²) < 4.78 is 18.0. The van der Waals surface area contributed by atoms with Gasteiger partial charge in [-0.25, -0.2) is 9.48 Å². The van der Waals surface area contributed by atoms with Crippen molar-refractivity contribution in [1.29, 1.82) is 0 Å². The van der Waals surface area contributed by atoms with E-state index >= 15 is 0 Å². The third-order valence-electron chi connectivity index (χ3n) is 3.53. The molecule has 6 heteroatoms. The second-order valence-corrected chi connectivity index (χ2v) is 5.32. The number of carbonyl (C=O) groups excluding carboxylic acids is 1. The number of hydrogen-bond donors (Lipinski definition) is 0. The fourth-order valence-electron chi connectivity index (χ4n) is 2.23. The lowest BCUT2D eigenvalue weighted by Crippen LogP contribution is -2.18. The Morgan fingerprint density at radius 3 is 3.10 bits per heavy atom. The molecule has 0 spiro atoms. The summed E-state index contributed by atoms with van der Waals surface area (Å²) in [5.74, 6) is 1.03. The standard InChI is InChI=1S/C14H20N2O4/c1-2-19-14(17)12-7-13-16(15-12)8-11(20-13)5-6-18-9-10-3-4-10/h7,10-11H,2-6,8-9H2,1H3. The van der Waals surface area contributed by atoms with Crippen molar-refractivity contribution in [2.75, 3.05) is 19.8 Å². The molecular weight excluding hydrogens is 260 g/mol. The summed E-state index contributed by atoms with van der Waals surface area (Å²) in [7, 11) is 0. The number of fused-ring (bicyclic) bond motifs is 1. The summed E-state index contributed by atoms with van der Waals surface area (Å²) in [6.45, 7) is 4.39. The summed E-state index contributed by atoms with van der Waals surface area (Å²) in [6.07, 6.45) is 3.57. The zero-order valence-electron chi connectivity index (χ0n) is 11.7. The average molecular weight is 280 g/mol. The Morgan fingerprint density at radius 2 is 2.40 bits per heavy atom. The maximum atomic E-state index is 11.5. The Balaban J connectivity index is 1.44. The number of esters is 1. The van der Waals surface area contributed by atoms with E-state index < -0.39 is 5.97 Å². The van der Waals surface area contributed by atoms with Gasteiger partial charge in [0.25, 0.3) is 0 Å². The Bertz CT molecular complexity index is 458. The van der Waals surface area contributed by atoms with Crippen LogP contribution >= 0.6 is 0 Å². The molecule has 0 aromatic carbocycles. The van der Waals surface area contributed by atoms with Gasteiger partial charge in [0, 0.05) is 19.1 Å². The molecule has 1 aliphatic carbocycles. The molecule has 1 unspecified atom stereocenters. The van der Waals surface area contributed by atoms with Gasteiger partial charge >= 0.3 is 5.97 Å². The molecule has 1 atom stereocenters. The molecule has 1 aromatic heterocycles. The Morgan fingerprint density at radius 1 is 1.55 bits per heavy atom. The first-order chi connectivity index (χ1) is 9.76. The van der Waals surface area contributed by atoms with Gasteiger partial charge in [0.05, 0.1) is 19.8 Å². The smallest absolute Gasteiger partial charge is 0.358 e. The Kier molecular flexibility index (Phi) is 3.91. The first-order valence-electron chi connectivity index (χ1n) is 7.25. The lowest BCUT2D eigenvalue weighted by Gasteiger charge is -2.09. The Hall–Kier alpha value is -1.56. The maximum absolute atomic E-state index is 11.5. The van der Waals surface area contributed by atoms with Crippen molar-refractivity contribution in [3.63, 3.8) is 0 Å². The van der Waals surface area contributed by atoms with Crippen LogP contribution in [-0.2, 0) is 16.0 Å². The van der Waals surface area contributed by atoms with Crippen molar-refractivity contribution in [2.45, 2.75) is 38.8 Å². The van der Waals surface area contributed by atoms with Gasteiger partial charge in [-0.15, -0.1) is 0 Å². The number of rotatable bonds is 7. The van der Waals surface area contributed by atoms with E-state index in [1.807, 2.05) is 0 Å². The van der Waals surface area contributed by atoms with Crippen LogP contribution in [0.3, 0.4) is 0 Å². The van der Waals surface area contributed by atoms with Crippen LogP contribution < -0.4 is 4.74 Å². The summed E-state index contributed by atoms with van der Waals surface area (Å²) in [5, 5.41) is 4.20. The van der Waals surface area contributed by atoms with E-state index in [4.69, 9.17) is 14.2 Å². The molecule has 0 N–H and O–H groups in total. The zero-order chi connectivity index (χ0) is 13.9. The number of nitrogens with zero attached hydrogens (tertiary/aromatic N) is 2. The molecule has 0 bridgehead atoms. The van der Waals surface area contributed by atoms with Crippen LogP contribution in [0.4, 0.5) is 0 Å². The Labute approximate surface area is 118 Å². The number of carbonyl (C=O) groups is 1. The lowest BCUT2D eigenvalue weighted by molar-refractivity contribution is 0.0516. The van der Waals surface area contributed by atoms with Crippen molar-refractivity contribution < 1.29 is 19.0 Å². The van der Waals surface area contributed by atoms with Crippen LogP contribution in [0.5, 0.6) is 5.88 Å². The van der Waals surface area contributed by atoms with Gasteiger partial charge in [-0.1, -0.05) is 0 Å². The predicted octanol–water partition coefficient (Wildman–Crippen LogP) is 1.64. The van der Waals surface area contributed by atoms with Gasteiger partial charge in [0.2, 0.25) is 5.88 Å². The molecule has 0 amide bonds. The van der Waals surface area contributed by atoms with E-state index in [2.05, 4.69) is 5.10 Å². The van der Waals surface area contributed by atoms with Crippen LogP contribution in [0.1, 0.15) is 36.7 Å². The molecular formula is C14H20N2O4. The van der Waals surface area contributed by atoms with Crippen LogP contribution in [0.15, 0.2) is 6.07 Å². The van der Waals surface area contributed by atoms with E-state index in [1.165, 1.54) is 12.8 Å². The SMILES string of the molecule is CCOC(=O)c1cc2n(n1)CC(CCOCC1CC1)O2. The third kappa shape index (κ3) is 3.12. The van der Waals surface area contributed by atoms with Gasteiger partial charge in [-0.3, -0.25) is 0 Å². The van der Waals surface area contributed by atoms with E-state index in [0.29, 0.717) is 24.7 Å². The van der Waals surface area contributed by atoms with Crippen molar-refractivity contribution in [1.82, 2.24) is 9.78 Å². The average Bonchev–Trinajstić information content (AvgIpc) is 3.04. The minimum atomic E-state index is -0.401. The van der Waals surface area contributed by atoms with Crippen LogP contribution in [0.2, 0.25) is 0 Å². The fourth-order valence-corrected chi connectivity index (χ4v) is 2.23. The first-order valence-corrected chi connectivity index (χ1v) is 7.25. The molecule has 3 rings (SSSR count). The molecule has 1 aliphatic heterocycles. The van der Waals surface area contributed by atoms with Crippen molar-refractivity contribution in [2.24, 2.45) is 5.92 Å². The minimum Gasteiger partial charge on any atom is -0.472 e. The highest BCUT2D eigenvalue weighted by Gasteiger charge is 2.27. The quantitative estimate of drug-likeness (QED) is 0.561. The van der Waals surface area contributed by atoms with Crippen molar-refractivity contribution in [3.05, 3.63) is 11.8 Å². The summed E-state index contributed by atoms with van der Waals surface area (Å²) >= 11 is 0. The number of ether oxygens (including phenoxy) is 3. The molecule has 1 aromatic rings. The summed E-state index contributed by atoms with van der Waals surface area (Å²) in [5.41, 5.74) is 0.310. The van der Waals surface area contributed by atoms with Crippen LogP contribution in [0.25, 0.3) is 0 Å². The minimum absolute atomic E-state index is 0.0907. The molecule has 2 heterocycles. The molecule has 2 aliphatic rings. The van der Waals surface area contributed by atoms with E-state index in [-0.39, 0.29) is 6.10 Å². The molecule has 110 valence electrons. The largest absolute Gasteiger partial charge is 0.472 e. The fraction of sp³-hybridized carbons (Fsp3) is 0.714. The van der Waals surface area contributed by atoms with Gasteiger partial charge in [0.1, 0.15) is 6.10 Å². The molecule has 1 saturated carbocycles.